The summed E-state index contributed by atoms with van der Waals surface area (Å²) in [7, 11) is 1.78. The van der Waals surface area contributed by atoms with E-state index < -0.39 is 5.60 Å². The van der Waals surface area contributed by atoms with E-state index >= 15 is 0 Å². The highest BCUT2D eigenvalue weighted by Crippen LogP contribution is 2.67. The van der Waals surface area contributed by atoms with Crippen molar-refractivity contribution >= 4 is 0 Å². The van der Waals surface area contributed by atoms with E-state index in [2.05, 4.69) is 38.5 Å². The number of rotatable bonds is 1. The summed E-state index contributed by atoms with van der Waals surface area (Å²) in [6.45, 7) is 8.82. The van der Waals surface area contributed by atoms with Crippen LogP contribution in [0.1, 0.15) is 52.4 Å². The van der Waals surface area contributed by atoms with E-state index in [-0.39, 0.29) is 10.8 Å². The number of ether oxygens (including phenoxy) is 1. The molecule has 0 amide bonds. The fourth-order valence-electron chi connectivity index (χ4n) is 6.69. The molecule has 4 rings (SSSR count). The van der Waals surface area contributed by atoms with Gasteiger partial charge in [0.1, 0.15) is 0 Å². The van der Waals surface area contributed by atoms with E-state index in [0.29, 0.717) is 17.8 Å². The molecule has 6 atom stereocenters. The van der Waals surface area contributed by atoms with Gasteiger partial charge in [-0.3, -0.25) is 0 Å². The first-order valence-corrected chi connectivity index (χ1v) is 9.64. The van der Waals surface area contributed by atoms with E-state index in [4.69, 9.17) is 11.2 Å². The molecule has 0 aliphatic heterocycles. The van der Waals surface area contributed by atoms with Gasteiger partial charge in [0.15, 0.2) is 5.60 Å². The molecule has 0 aromatic carbocycles. The van der Waals surface area contributed by atoms with Crippen LogP contribution in [0.4, 0.5) is 0 Å². The minimum absolute atomic E-state index is 0.227. The van der Waals surface area contributed by atoms with Gasteiger partial charge < -0.3 is 9.84 Å². The summed E-state index contributed by atoms with van der Waals surface area (Å²) in [4.78, 5) is 0. The summed E-state index contributed by atoms with van der Waals surface area (Å²) < 4.78 is 5.52. The SMILES string of the molecule is C#C[C@]1(O)C(=C)CC2C3CC=C4C=C(OC)CC[C@]4(C)C3CC[C@@]21C. The molecule has 3 unspecified atom stereocenters. The zero-order valence-electron chi connectivity index (χ0n) is 15.8. The molecule has 0 aromatic heterocycles. The third kappa shape index (κ3) is 1.97. The maximum absolute atomic E-state index is 11.2. The van der Waals surface area contributed by atoms with Crippen LogP contribution in [-0.2, 0) is 4.74 Å². The van der Waals surface area contributed by atoms with Crippen molar-refractivity contribution in [3.05, 3.63) is 35.6 Å². The fourth-order valence-corrected chi connectivity index (χ4v) is 6.69. The predicted molar refractivity (Wildman–Crippen MR) is 100 cm³/mol. The molecule has 0 aromatic rings. The first-order valence-electron chi connectivity index (χ1n) is 9.64. The Hall–Kier alpha value is -1.46. The lowest BCUT2D eigenvalue weighted by Gasteiger charge is -2.57. The van der Waals surface area contributed by atoms with E-state index in [1.807, 2.05) is 0 Å². The summed E-state index contributed by atoms with van der Waals surface area (Å²) in [5.74, 6) is 5.51. The Balaban J connectivity index is 1.74. The zero-order chi connectivity index (χ0) is 18.0. The van der Waals surface area contributed by atoms with Gasteiger partial charge in [-0.15, -0.1) is 6.42 Å². The van der Waals surface area contributed by atoms with Gasteiger partial charge >= 0.3 is 0 Å². The van der Waals surface area contributed by atoms with Crippen LogP contribution in [0.25, 0.3) is 0 Å². The van der Waals surface area contributed by atoms with Crippen LogP contribution < -0.4 is 0 Å². The van der Waals surface area contributed by atoms with Gasteiger partial charge in [-0.05, 0) is 72.5 Å². The Morgan fingerprint density at radius 2 is 2.08 bits per heavy atom. The van der Waals surface area contributed by atoms with Crippen LogP contribution in [0.2, 0.25) is 0 Å². The van der Waals surface area contributed by atoms with Gasteiger partial charge in [-0.25, -0.2) is 0 Å². The molecular weight excluding hydrogens is 308 g/mol. The van der Waals surface area contributed by atoms with Crippen molar-refractivity contribution in [1.29, 1.82) is 0 Å². The van der Waals surface area contributed by atoms with Gasteiger partial charge in [0, 0.05) is 11.8 Å². The van der Waals surface area contributed by atoms with Crippen LogP contribution in [0.5, 0.6) is 0 Å². The van der Waals surface area contributed by atoms with E-state index in [1.165, 1.54) is 5.57 Å². The molecule has 134 valence electrons. The molecule has 2 saturated carbocycles. The number of fused-ring (bicyclic) bond motifs is 5. The molecule has 2 heteroatoms. The van der Waals surface area contributed by atoms with Crippen LogP contribution in [0.15, 0.2) is 35.6 Å². The maximum Gasteiger partial charge on any atom is 0.152 e. The molecule has 1 N–H and O–H groups in total. The highest BCUT2D eigenvalue weighted by Gasteiger charge is 2.64. The molecule has 2 fully saturated rings. The fraction of sp³-hybridized carbons (Fsp3) is 0.652. The summed E-state index contributed by atoms with van der Waals surface area (Å²) in [6.07, 6.45) is 16.8. The van der Waals surface area contributed by atoms with Crippen molar-refractivity contribution in [3.63, 3.8) is 0 Å². The standard InChI is InChI=1S/C23H30O2/c1-6-23(24)15(2)13-20-18-8-7-16-14-17(25-5)9-11-21(16,3)19(18)10-12-22(20,23)4/h1,7,14,18-20,24H,2,8-13H2,3-5H3/t18?,19?,20?,21-,22-,23-/m0/s1. The molecule has 0 spiro atoms. The lowest BCUT2D eigenvalue weighted by molar-refractivity contribution is -0.0853. The van der Waals surface area contributed by atoms with E-state index in [9.17, 15) is 5.11 Å². The quantitative estimate of drug-likeness (QED) is 0.558. The van der Waals surface area contributed by atoms with Crippen LogP contribution in [0.3, 0.4) is 0 Å². The molecule has 2 nitrogen and oxygen atoms in total. The summed E-state index contributed by atoms with van der Waals surface area (Å²) >= 11 is 0. The smallest absolute Gasteiger partial charge is 0.152 e. The van der Waals surface area contributed by atoms with Crippen molar-refractivity contribution in [2.45, 2.75) is 58.0 Å². The molecule has 0 saturated heterocycles. The Kier molecular flexibility index (Phi) is 3.58. The number of methoxy groups -OCH3 is 1. The first-order chi connectivity index (χ1) is 11.8. The maximum atomic E-state index is 11.2. The lowest BCUT2D eigenvalue weighted by Crippen LogP contribution is -2.53. The van der Waals surface area contributed by atoms with Crippen molar-refractivity contribution in [3.8, 4) is 12.3 Å². The third-order valence-corrected chi connectivity index (χ3v) is 8.40. The highest BCUT2D eigenvalue weighted by molar-refractivity contribution is 5.41. The highest BCUT2D eigenvalue weighted by atomic mass is 16.5. The van der Waals surface area contributed by atoms with Crippen molar-refractivity contribution < 1.29 is 9.84 Å². The van der Waals surface area contributed by atoms with Crippen molar-refractivity contribution in [2.24, 2.45) is 28.6 Å². The zero-order valence-corrected chi connectivity index (χ0v) is 15.8. The van der Waals surface area contributed by atoms with Gasteiger partial charge in [-0.1, -0.05) is 32.4 Å². The van der Waals surface area contributed by atoms with Gasteiger partial charge in [0.25, 0.3) is 0 Å². The number of terminal acetylenes is 1. The molecule has 25 heavy (non-hydrogen) atoms. The predicted octanol–water partition coefficient (Wildman–Crippen LogP) is 4.62. The van der Waals surface area contributed by atoms with Gasteiger partial charge in [-0.2, -0.15) is 0 Å². The monoisotopic (exact) mass is 338 g/mol. The summed E-state index contributed by atoms with van der Waals surface area (Å²) in [5, 5.41) is 11.2. The van der Waals surface area contributed by atoms with Crippen LogP contribution in [0, 0.1) is 40.9 Å². The molecule has 4 aliphatic carbocycles. The Bertz CT molecular complexity index is 723. The normalized spacial score (nSPS) is 48.4. The molecule has 0 radical (unpaired) electrons. The second-order valence-electron chi connectivity index (χ2n) is 9.12. The number of allylic oxidation sites excluding steroid dienone is 4. The summed E-state index contributed by atoms with van der Waals surface area (Å²) in [6, 6.07) is 0. The van der Waals surface area contributed by atoms with Gasteiger partial charge in [0.05, 0.1) is 12.9 Å². The van der Waals surface area contributed by atoms with Crippen molar-refractivity contribution in [1.82, 2.24) is 0 Å². The number of hydrogen-bond donors (Lipinski definition) is 1. The average Bonchev–Trinajstić information content (AvgIpc) is 2.82. The first kappa shape index (κ1) is 17.0. The number of aliphatic hydroxyl groups is 1. The molecule has 0 bridgehead atoms. The van der Waals surface area contributed by atoms with E-state index in [1.54, 1.807) is 7.11 Å². The van der Waals surface area contributed by atoms with Crippen LogP contribution in [-0.4, -0.2) is 17.8 Å². The summed E-state index contributed by atoms with van der Waals surface area (Å²) in [5.41, 5.74) is 1.18. The Morgan fingerprint density at radius 3 is 2.76 bits per heavy atom. The Morgan fingerprint density at radius 1 is 1.32 bits per heavy atom. The molecular formula is C23H30O2. The topological polar surface area (TPSA) is 29.5 Å². The lowest BCUT2D eigenvalue weighted by atomic mass is 9.47. The largest absolute Gasteiger partial charge is 0.501 e. The second kappa shape index (κ2) is 5.27. The minimum Gasteiger partial charge on any atom is -0.501 e. The third-order valence-electron chi connectivity index (χ3n) is 8.40. The van der Waals surface area contributed by atoms with Gasteiger partial charge in [0.2, 0.25) is 0 Å². The Labute approximate surface area is 152 Å². The van der Waals surface area contributed by atoms with E-state index in [0.717, 1.165) is 49.9 Å². The minimum atomic E-state index is -1.14. The number of hydrogen-bond acceptors (Lipinski definition) is 2. The molecule has 0 heterocycles. The van der Waals surface area contributed by atoms with Crippen molar-refractivity contribution in [2.75, 3.05) is 7.11 Å². The van der Waals surface area contributed by atoms with Crippen LogP contribution >= 0.6 is 0 Å². The average molecular weight is 338 g/mol. The second-order valence-corrected chi connectivity index (χ2v) is 9.12. The molecule has 4 aliphatic rings.